The first-order valence-corrected chi connectivity index (χ1v) is 20.0. The predicted molar refractivity (Wildman–Crippen MR) is 218 cm³/mol. The molecule has 3 heterocycles. The number of imide groups is 2. The number of unbranched alkanes of at least 4 members (excludes halogenated alkanes) is 3. The summed E-state index contributed by atoms with van der Waals surface area (Å²) in [5.74, 6) is -2.92. The van der Waals surface area contributed by atoms with Crippen LogP contribution in [-0.4, -0.2) is 108 Å². The van der Waals surface area contributed by atoms with Crippen molar-refractivity contribution in [1.82, 2.24) is 25.3 Å². The fraction of sp³-hybridized carbons (Fsp3) is 0.341. The van der Waals surface area contributed by atoms with E-state index >= 15 is 0 Å². The van der Waals surface area contributed by atoms with E-state index in [0.29, 0.717) is 62.7 Å². The van der Waals surface area contributed by atoms with Gasteiger partial charge in [0.05, 0.1) is 28.8 Å². The highest BCUT2D eigenvalue weighted by molar-refractivity contribution is 6.38. The van der Waals surface area contributed by atoms with Crippen molar-refractivity contribution in [2.24, 2.45) is 0 Å². The van der Waals surface area contributed by atoms with Gasteiger partial charge in [-0.3, -0.25) is 43.8 Å². The number of piperidine rings is 1. The lowest BCUT2D eigenvalue weighted by molar-refractivity contribution is -0.136. The largest absolute Gasteiger partial charge is 0.496 e. The molecule has 58 heavy (non-hydrogen) atoms. The van der Waals surface area contributed by atoms with Crippen LogP contribution in [0.1, 0.15) is 69.6 Å². The van der Waals surface area contributed by atoms with Gasteiger partial charge in [-0.05, 0) is 55.7 Å². The van der Waals surface area contributed by atoms with Crippen LogP contribution in [0.15, 0.2) is 60.7 Å². The van der Waals surface area contributed by atoms with Crippen LogP contribution in [0.2, 0.25) is 15.1 Å². The summed E-state index contributed by atoms with van der Waals surface area (Å²) in [6.07, 6.45) is 5.69. The topological polar surface area (TPSA) is 175 Å². The fourth-order valence-electron chi connectivity index (χ4n) is 7.11. The number of nitrogens with one attached hydrogen (secondary N) is 3. The first-order chi connectivity index (χ1) is 27.9. The van der Waals surface area contributed by atoms with E-state index in [2.05, 4.69) is 16.0 Å². The number of ether oxygens (including phenoxy) is 1. The van der Waals surface area contributed by atoms with Crippen molar-refractivity contribution in [3.63, 3.8) is 0 Å². The zero-order valence-corrected chi connectivity index (χ0v) is 33.8. The first kappa shape index (κ1) is 42.2. The number of hydrogen-bond acceptors (Lipinski definition) is 9. The van der Waals surface area contributed by atoms with E-state index in [1.165, 1.54) is 19.3 Å². The maximum Gasteiger partial charge on any atom is 0.264 e. The van der Waals surface area contributed by atoms with Crippen molar-refractivity contribution in [2.75, 3.05) is 51.7 Å². The minimum absolute atomic E-state index is 0.0503. The summed E-state index contributed by atoms with van der Waals surface area (Å²) in [6.45, 7) is 2.04. The maximum absolute atomic E-state index is 13.6. The van der Waals surface area contributed by atoms with Crippen molar-refractivity contribution < 1.29 is 38.3 Å². The number of methoxy groups -OCH3 is 1. The molecule has 1 atom stereocenters. The van der Waals surface area contributed by atoms with Crippen LogP contribution in [0, 0.1) is 0 Å². The third-order valence-corrected chi connectivity index (χ3v) is 11.1. The second-order valence-electron chi connectivity index (χ2n) is 13.9. The molecular formula is C41H41Cl3N6O8. The van der Waals surface area contributed by atoms with E-state index in [1.54, 1.807) is 58.3 Å². The van der Waals surface area contributed by atoms with E-state index in [9.17, 15) is 33.6 Å². The van der Waals surface area contributed by atoms with Crippen LogP contribution in [0.4, 0.5) is 5.69 Å². The van der Waals surface area contributed by atoms with Gasteiger partial charge in [0.25, 0.3) is 17.7 Å². The Morgan fingerprint density at radius 3 is 2.24 bits per heavy atom. The van der Waals surface area contributed by atoms with Gasteiger partial charge in [0.15, 0.2) is 0 Å². The number of benzene rings is 3. The number of hydrogen-bond donors (Lipinski definition) is 3. The van der Waals surface area contributed by atoms with Crippen LogP contribution >= 0.6 is 34.8 Å². The Morgan fingerprint density at radius 2 is 1.52 bits per heavy atom. The minimum Gasteiger partial charge on any atom is -0.496 e. The molecule has 0 saturated carbocycles. The lowest BCUT2D eigenvalue weighted by Crippen LogP contribution is -2.54. The molecule has 14 nitrogen and oxygen atoms in total. The van der Waals surface area contributed by atoms with Gasteiger partial charge < -0.3 is 25.2 Å². The smallest absolute Gasteiger partial charge is 0.264 e. The molecule has 3 aliphatic rings. The van der Waals surface area contributed by atoms with Gasteiger partial charge in [-0.25, -0.2) is 0 Å². The Bertz CT molecular complexity index is 2190. The number of fused-ring (bicyclic) bond motifs is 1. The number of rotatable bonds is 14. The molecule has 0 radical (unpaired) electrons. The van der Waals surface area contributed by atoms with E-state index in [1.807, 2.05) is 0 Å². The molecule has 0 bridgehead atoms. The highest BCUT2D eigenvalue weighted by Gasteiger charge is 2.45. The van der Waals surface area contributed by atoms with Crippen LogP contribution in [0.5, 0.6) is 5.75 Å². The number of nitrogens with zero attached hydrogens (tertiary/aromatic N) is 3. The van der Waals surface area contributed by atoms with Crippen molar-refractivity contribution in [1.29, 1.82) is 0 Å². The molecular weight excluding hydrogens is 811 g/mol. The van der Waals surface area contributed by atoms with Gasteiger partial charge in [-0.1, -0.05) is 53.7 Å². The quantitative estimate of drug-likeness (QED) is 0.110. The zero-order chi connectivity index (χ0) is 41.5. The predicted octanol–water partition coefficient (Wildman–Crippen LogP) is 5.35. The number of amides is 7. The summed E-state index contributed by atoms with van der Waals surface area (Å²) in [4.78, 5) is 93.3. The van der Waals surface area contributed by atoms with Gasteiger partial charge >= 0.3 is 0 Å². The van der Waals surface area contributed by atoms with Crippen molar-refractivity contribution in [3.8, 4) is 16.9 Å². The highest BCUT2D eigenvalue weighted by Crippen LogP contribution is 2.39. The standard InChI is InChI=1S/C41H41Cl3N6O8/c1-58-33-23-30(44)27(26-21-24(42)9-10-29(26)43)22-28(33)39(55)49-19-17-48(18-20-49)36(53)14-13-34(51)46-16-5-3-2-4-15-45-31-8-6-7-25-37(31)41(57)50(40(25)56)32-11-12-35(52)47-38(32)54/h6-10,13-14,21-23,32,45H,2-5,11-12,15-20H2,1H3,(H,46,51)(H,47,52,54)/b14-13-. The molecule has 3 aromatic rings. The maximum atomic E-state index is 13.6. The molecule has 3 aromatic carbocycles. The fourth-order valence-corrected chi connectivity index (χ4v) is 7.76. The van der Waals surface area contributed by atoms with E-state index in [-0.39, 0.29) is 62.0 Å². The third kappa shape index (κ3) is 9.46. The van der Waals surface area contributed by atoms with Gasteiger partial charge in [0, 0.05) is 90.8 Å². The van der Waals surface area contributed by atoms with Crippen molar-refractivity contribution >= 4 is 81.8 Å². The monoisotopic (exact) mass is 850 g/mol. The molecule has 0 aliphatic carbocycles. The zero-order valence-electron chi connectivity index (χ0n) is 31.6. The van der Waals surface area contributed by atoms with Crippen LogP contribution in [0.3, 0.4) is 0 Å². The van der Waals surface area contributed by atoms with E-state index in [0.717, 1.165) is 24.2 Å². The third-order valence-electron chi connectivity index (χ3n) is 10.2. The summed E-state index contributed by atoms with van der Waals surface area (Å²) < 4.78 is 5.47. The summed E-state index contributed by atoms with van der Waals surface area (Å²) in [7, 11) is 1.45. The Labute approximate surface area is 349 Å². The average molecular weight is 852 g/mol. The Morgan fingerprint density at radius 1 is 0.810 bits per heavy atom. The Kier molecular flexibility index (Phi) is 13.7. The van der Waals surface area contributed by atoms with E-state index in [4.69, 9.17) is 39.5 Å². The molecule has 6 rings (SSSR count). The first-order valence-electron chi connectivity index (χ1n) is 18.8. The van der Waals surface area contributed by atoms with Gasteiger partial charge in [0.2, 0.25) is 23.6 Å². The second-order valence-corrected chi connectivity index (χ2v) is 15.2. The number of piperazine rings is 1. The summed E-state index contributed by atoms with van der Waals surface area (Å²) in [5.41, 5.74) is 2.33. The van der Waals surface area contributed by atoms with Crippen LogP contribution in [0.25, 0.3) is 11.1 Å². The average Bonchev–Trinajstić information content (AvgIpc) is 3.47. The molecule has 0 spiro atoms. The molecule has 1 unspecified atom stereocenters. The SMILES string of the molecule is COc1cc(Cl)c(-c2cc(Cl)ccc2Cl)cc1C(=O)N1CCN(C(=O)/C=C\C(=O)NCCCCCCNc2cccc3c2C(=O)N(C2CCC(=O)NC2=O)C3=O)CC1. The summed E-state index contributed by atoms with van der Waals surface area (Å²) >= 11 is 19.2. The van der Waals surface area contributed by atoms with E-state index < -0.39 is 35.6 Å². The van der Waals surface area contributed by atoms with Crippen molar-refractivity contribution in [2.45, 2.75) is 44.6 Å². The van der Waals surface area contributed by atoms with Gasteiger partial charge in [-0.2, -0.15) is 0 Å². The van der Waals surface area contributed by atoms with Gasteiger partial charge in [-0.15, -0.1) is 0 Å². The van der Waals surface area contributed by atoms with Crippen LogP contribution < -0.4 is 20.7 Å². The molecule has 2 fully saturated rings. The van der Waals surface area contributed by atoms with Crippen LogP contribution in [-0.2, 0) is 19.2 Å². The van der Waals surface area contributed by atoms with Crippen molar-refractivity contribution in [3.05, 3.63) is 92.4 Å². The molecule has 17 heteroatoms. The number of carbonyl (C=O) groups is 7. The molecule has 0 aromatic heterocycles. The molecule has 2 saturated heterocycles. The lowest BCUT2D eigenvalue weighted by Gasteiger charge is -2.34. The molecule has 304 valence electrons. The molecule has 3 aliphatic heterocycles. The lowest BCUT2D eigenvalue weighted by atomic mass is 10.0. The summed E-state index contributed by atoms with van der Waals surface area (Å²) in [6, 6.07) is 12.1. The number of carbonyl (C=O) groups excluding carboxylic acids is 7. The summed E-state index contributed by atoms with van der Waals surface area (Å²) in [5, 5.41) is 9.43. The Balaban J connectivity index is 0.891. The second kappa shape index (κ2) is 18.9. The molecule has 3 N–H and O–H groups in total. The Hall–Kier alpha value is -5.44. The minimum atomic E-state index is -1.03. The van der Waals surface area contributed by atoms with Gasteiger partial charge in [0.1, 0.15) is 11.8 Å². The molecule has 7 amide bonds. The number of anilines is 1. The number of halogens is 3. The normalized spacial score (nSPS) is 16.8. The highest BCUT2D eigenvalue weighted by atomic mass is 35.5.